The van der Waals surface area contributed by atoms with E-state index in [1.165, 1.54) is 23.8 Å². The Balaban J connectivity index is 1.88. The topological polar surface area (TPSA) is 77.4 Å². The normalized spacial score (nSPS) is 16.2. The zero-order valence-corrected chi connectivity index (χ0v) is 20.4. The van der Waals surface area contributed by atoms with Gasteiger partial charge in [-0.3, -0.25) is 9.69 Å². The van der Waals surface area contributed by atoms with Gasteiger partial charge in [0.05, 0.1) is 40.6 Å². The molecule has 0 aliphatic carbocycles. The molecule has 1 heterocycles. The van der Waals surface area contributed by atoms with Crippen LogP contribution in [0.5, 0.6) is 11.5 Å². The summed E-state index contributed by atoms with van der Waals surface area (Å²) < 4.78 is 16.7. The highest BCUT2D eigenvalue weighted by Gasteiger charge is 2.30. The number of nitrogens with zero attached hydrogens (tertiary/aromatic N) is 2. The molecule has 1 aliphatic heterocycles. The number of carbonyl (C=O) groups excluding carboxylic acids is 2. The number of carbonyl (C=O) groups is 2. The van der Waals surface area contributed by atoms with Crippen LogP contribution in [-0.2, 0) is 9.53 Å². The van der Waals surface area contributed by atoms with Gasteiger partial charge in [-0.05, 0) is 89.3 Å². The average molecular weight is 552 g/mol. The van der Waals surface area contributed by atoms with Crippen LogP contribution in [-0.4, -0.2) is 49.8 Å². The Morgan fingerprint density at radius 3 is 2.55 bits per heavy atom. The smallest absolute Gasteiger partial charge is 0.337 e. The fraction of sp³-hybridized carbons (Fsp3) is 0.227. The van der Waals surface area contributed by atoms with Crippen molar-refractivity contribution in [1.82, 2.24) is 4.90 Å². The van der Waals surface area contributed by atoms with Gasteiger partial charge in [0, 0.05) is 7.05 Å². The summed E-state index contributed by atoms with van der Waals surface area (Å²) in [4.78, 5) is 30.9. The first-order valence-corrected chi connectivity index (χ1v) is 11.2. The molecule has 7 nitrogen and oxygen atoms in total. The van der Waals surface area contributed by atoms with E-state index in [1.54, 1.807) is 38.4 Å². The molecule has 0 radical (unpaired) electrons. The molecule has 1 aliphatic rings. The molecule has 1 saturated heterocycles. The summed E-state index contributed by atoms with van der Waals surface area (Å²) in [5.41, 5.74) is 1.91. The second kappa shape index (κ2) is 10.2. The van der Waals surface area contributed by atoms with Gasteiger partial charge in [0.15, 0.2) is 16.7 Å². The molecule has 0 aromatic heterocycles. The molecule has 0 saturated carbocycles. The van der Waals surface area contributed by atoms with Crippen molar-refractivity contribution in [3.63, 3.8) is 0 Å². The highest BCUT2D eigenvalue weighted by Crippen LogP contribution is 2.37. The Kier molecular flexibility index (Phi) is 7.60. The number of halogens is 1. The molecular weight excluding hydrogens is 531 g/mol. The summed E-state index contributed by atoms with van der Waals surface area (Å²) in [6.45, 7) is 2.41. The van der Waals surface area contributed by atoms with Gasteiger partial charge < -0.3 is 14.2 Å². The van der Waals surface area contributed by atoms with Crippen molar-refractivity contribution in [2.75, 3.05) is 27.9 Å². The summed E-state index contributed by atoms with van der Waals surface area (Å²) in [5, 5.41) is 0.551. The molecule has 162 valence electrons. The van der Waals surface area contributed by atoms with Crippen LogP contribution in [0.15, 0.2) is 46.3 Å². The number of benzene rings is 2. The molecular formula is C22H21IN2O5S. The highest BCUT2D eigenvalue weighted by atomic mass is 127. The number of ether oxygens (including phenoxy) is 3. The number of likely N-dealkylation sites (N-methyl/N-ethyl adjacent to an activating group) is 1. The van der Waals surface area contributed by atoms with Gasteiger partial charge in [0.2, 0.25) is 0 Å². The quantitative estimate of drug-likeness (QED) is 0.294. The van der Waals surface area contributed by atoms with Gasteiger partial charge in [0.1, 0.15) is 0 Å². The van der Waals surface area contributed by atoms with E-state index >= 15 is 0 Å². The maximum Gasteiger partial charge on any atom is 0.337 e. The summed E-state index contributed by atoms with van der Waals surface area (Å²) in [6.07, 6.45) is 1.82. The van der Waals surface area contributed by atoms with Crippen LogP contribution in [0.2, 0.25) is 0 Å². The third-order valence-electron chi connectivity index (χ3n) is 4.35. The van der Waals surface area contributed by atoms with Crippen LogP contribution in [0.1, 0.15) is 22.8 Å². The van der Waals surface area contributed by atoms with Crippen LogP contribution in [0.25, 0.3) is 6.08 Å². The van der Waals surface area contributed by atoms with E-state index in [0.717, 1.165) is 9.13 Å². The molecule has 1 fully saturated rings. The minimum absolute atomic E-state index is 0.140. The standard InChI is InChI=1S/C22H21IN2O5S/c1-5-30-17-11-13(10-16(23)19(17)28-3)12-18-20(26)25(2)22(31-18)24-15-8-6-14(7-9-15)21(27)29-4/h6-12H,5H2,1-4H3/b18-12-,24-22?. The molecule has 0 spiro atoms. The van der Waals surface area contributed by atoms with Gasteiger partial charge in [-0.15, -0.1) is 0 Å². The van der Waals surface area contributed by atoms with E-state index < -0.39 is 5.97 Å². The molecule has 2 aromatic rings. The van der Waals surface area contributed by atoms with E-state index in [9.17, 15) is 9.59 Å². The number of hydrogen-bond donors (Lipinski definition) is 0. The summed E-state index contributed by atoms with van der Waals surface area (Å²) in [7, 11) is 4.62. The highest BCUT2D eigenvalue weighted by molar-refractivity contribution is 14.1. The fourth-order valence-electron chi connectivity index (χ4n) is 2.84. The Morgan fingerprint density at radius 2 is 1.94 bits per heavy atom. The predicted molar refractivity (Wildman–Crippen MR) is 130 cm³/mol. The monoisotopic (exact) mass is 552 g/mol. The maximum absolute atomic E-state index is 12.7. The van der Waals surface area contributed by atoms with E-state index in [-0.39, 0.29) is 5.91 Å². The number of hydrogen-bond acceptors (Lipinski definition) is 7. The van der Waals surface area contributed by atoms with Gasteiger partial charge in [-0.1, -0.05) is 0 Å². The fourth-order valence-corrected chi connectivity index (χ4v) is 4.67. The molecule has 0 bridgehead atoms. The third kappa shape index (κ3) is 5.21. The van der Waals surface area contributed by atoms with Crippen molar-refractivity contribution >= 4 is 63.2 Å². The Bertz CT molecular complexity index is 1070. The maximum atomic E-state index is 12.7. The molecule has 9 heteroatoms. The lowest BCUT2D eigenvalue weighted by Crippen LogP contribution is -2.23. The van der Waals surface area contributed by atoms with E-state index in [0.29, 0.717) is 39.4 Å². The van der Waals surface area contributed by atoms with Crippen LogP contribution in [0.3, 0.4) is 0 Å². The van der Waals surface area contributed by atoms with Crippen LogP contribution >= 0.6 is 34.4 Å². The zero-order chi connectivity index (χ0) is 22.5. The summed E-state index contributed by atoms with van der Waals surface area (Å²) in [5.74, 6) is 0.753. The van der Waals surface area contributed by atoms with E-state index in [2.05, 4.69) is 27.6 Å². The number of amidine groups is 1. The summed E-state index contributed by atoms with van der Waals surface area (Å²) in [6, 6.07) is 10.5. The molecule has 0 atom stereocenters. The van der Waals surface area contributed by atoms with Crippen molar-refractivity contribution in [3.05, 3.63) is 56.0 Å². The van der Waals surface area contributed by atoms with Crippen molar-refractivity contribution in [1.29, 1.82) is 0 Å². The SMILES string of the molecule is CCOc1cc(/C=C2\SC(=Nc3ccc(C(=O)OC)cc3)N(C)C2=O)cc(I)c1OC. The van der Waals surface area contributed by atoms with Crippen molar-refractivity contribution in [3.8, 4) is 11.5 Å². The first-order valence-electron chi connectivity index (χ1n) is 9.33. The number of methoxy groups -OCH3 is 2. The van der Waals surface area contributed by atoms with Crippen molar-refractivity contribution in [2.24, 2.45) is 4.99 Å². The number of amides is 1. The number of thioether (sulfide) groups is 1. The molecule has 2 aromatic carbocycles. The van der Waals surface area contributed by atoms with Gasteiger partial charge in [-0.2, -0.15) is 0 Å². The largest absolute Gasteiger partial charge is 0.492 e. The van der Waals surface area contributed by atoms with Crippen molar-refractivity contribution in [2.45, 2.75) is 6.92 Å². The molecule has 31 heavy (non-hydrogen) atoms. The first kappa shape index (κ1) is 23.1. The van der Waals surface area contributed by atoms with Crippen LogP contribution in [0.4, 0.5) is 5.69 Å². The molecule has 0 unspecified atom stereocenters. The summed E-state index contributed by atoms with van der Waals surface area (Å²) >= 11 is 3.47. The third-order valence-corrected chi connectivity index (χ3v) is 6.21. The number of aliphatic imine (C=N–C) groups is 1. The second-order valence-corrected chi connectivity index (χ2v) is 8.55. The average Bonchev–Trinajstić information content (AvgIpc) is 3.01. The second-order valence-electron chi connectivity index (χ2n) is 6.37. The number of esters is 1. The lowest BCUT2D eigenvalue weighted by Gasteiger charge is -2.12. The van der Waals surface area contributed by atoms with Gasteiger partial charge >= 0.3 is 5.97 Å². The van der Waals surface area contributed by atoms with E-state index in [4.69, 9.17) is 14.2 Å². The Morgan fingerprint density at radius 1 is 1.23 bits per heavy atom. The van der Waals surface area contributed by atoms with Crippen LogP contribution in [0, 0.1) is 3.57 Å². The minimum atomic E-state index is -0.410. The first-order chi connectivity index (χ1) is 14.9. The zero-order valence-electron chi connectivity index (χ0n) is 17.5. The minimum Gasteiger partial charge on any atom is -0.492 e. The molecule has 3 rings (SSSR count). The van der Waals surface area contributed by atoms with Crippen LogP contribution < -0.4 is 9.47 Å². The van der Waals surface area contributed by atoms with Gasteiger partial charge in [-0.25, -0.2) is 9.79 Å². The predicted octanol–water partition coefficient (Wildman–Crippen LogP) is 4.72. The lowest BCUT2D eigenvalue weighted by molar-refractivity contribution is -0.121. The lowest BCUT2D eigenvalue weighted by atomic mass is 10.2. The van der Waals surface area contributed by atoms with Gasteiger partial charge in [0.25, 0.3) is 5.91 Å². The molecule has 1 amide bonds. The molecule has 0 N–H and O–H groups in total. The van der Waals surface area contributed by atoms with E-state index in [1.807, 2.05) is 25.1 Å². The Labute approximate surface area is 198 Å². The number of rotatable bonds is 6. The van der Waals surface area contributed by atoms with Crippen molar-refractivity contribution < 1.29 is 23.8 Å². The Hall–Kier alpha value is -2.53.